The predicted molar refractivity (Wildman–Crippen MR) is 95.5 cm³/mol. The van der Waals surface area contributed by atoms with E-state index >= 15 is 0 Å². The van der Waals surface area contributed by atoms with Gasteiger partial charge in [-0.3, -0.25) is 0 Å². The van der Waals surface area contributed by atoms with Crippen molar-refractivity contribution in [3.05, 3.63) is 40.6 Å². The molecule has 0 unspecified atom stereocenters. The van der Waals surface area contributed by atoms with Crippen molar-refractivity contribution in [1.82, 2.24) is 0 Å². The van der Waals surface area contributed by atoms with Crippen LogP contribution in [0.15, 0.2) is 23.7 Å². The minimum Gasteiger partial charge on any atom is -0.462 e. The molecule has 136 valence electrons. The summed E-state index contributed by atoms with van der Waals surface area (Å²) < 4.78 is 30.7. The van der Waals surface area contributed by atoms with Gasteiger partial charge in [-0.05, 0) is 63.9 Å². The summed E-state index contributed by atoms with van der Waals surface area (Å²) >= 11 is 0. The van der Waals surface area contributed by atoms with E-state index in [0.29, 0.717) is 11.0 Å². The van der Waals surface area contributed by atoms with Crippen LogP contribution in [0.25, 0.3) is 6.08 Å². The maximum Gasteiger partial charge on any atom is 0.491 e. The average molecular weight is 349 g/mol. The number of nitrogens with two attached hydrogens (primary N) is 1. The van der Waals surface area contributed by atoms with Crippen molar-refractivity contribution in [2.24, 2.45) is 5.73 Å². The molecule has 0 radical (unpaired) electrons. The highest BCUT2D eigenvalue weighted by Gasteiger charge is 2.52. The Bertz CT molecular complexity index is 672. The molecule has 0 spiro atoms. The predicted octanol–water partition coefficient (Wildman–Crippen LogP) is 2.98. The molecule has 0 aromatic heterocycles. The van der Waals surface area contributed by atoms with Gasteiger partial charge in [-0.2, -0.15) is 0 Å². The van der Waals surface area contributed by atoms with Crippen molar-refractivity contribution in [2.75, 3.05) is 13.2 Å². The summed E-state index contributed by atoms with van der Waals surface area (Å²) in [4.78, 5) is 12.1. The molecule has 1 aliphatic rings. The van der Waals surface area contributed by atoms with E-state index in [1.54, 1.807) is 13.0 Å². The second kappa shape index (κ2) is 7.27. The smallest absolute Gasteiger partial charge is 0.462 e. The lowest BCUT2D eigenvalue weighted by Gasteiger charge is -2.32. The topological polar surface area (TPSA) is 70.8 Å². The maximum atomic E-state index is 13.7. The highest BCUT2D eigenvalue weighted by molar-refractivity contribution is 6.56. The summed E-state index contributed by atoms with van der Waals surface area (Å²) in [6.45, 7) is 9.85. The second-order valence-corrected chi connectivity index (χ2v) is 6.96. The van der Waals surface area contributed by atoms with Crippen molar-refractivity contribution in [3.63, 3.8) is 0 Å². The molecule has 2 N–H and O–H groups in total. The largest absolute Gasteiger partial charge is 0.491 e. The van der Waals surface area contributed by atoms with Crippen molar-refractivity contribution in [3.8, 4) is 0 Å². The first kappa shape index (κ1) is 19.6. The van der Waals surface area contributed by atoms with Gasteiger partial charge in [0, 0.05) is 6.54 Å². The Morgan fingerprint density at radius 2 is 1.88 bits per heavy atom. The molecule has 1 aromatic rings. The van der Waals surface area contributed by atoms with Crippen LogP contribution in [-0.2, 0) is 14.0 Å². The van der Waals surface area contributed by atoms with E-state index in [0.717, 1.165) is 0 Å². The van der Waals surface area contributed by atoms with Crippen LogP contribution in [0, 0.1) is 5.82 Å². The number of ether oxygens (including phenoxy) is 1. The van der Waals surface area contributed by atoms with Gasteiger partial charge >= 0.3 is 13.1 Å². The summed E-state index contributed by atoms with van der Waals surface area (Å²) in [6, 6.07) is 3.89. The number of esters is 1. The van der Waals surface area contributed by atoms with Crippen LogP contribution in [0.4, 0.5) is 4.39 Å². The standard InChI is InChI=1S/C18H25BFNO4/c1-6-23-16(22)15-8-7-14(20)10-12(15)9-13(11-21)19-24-17(2,3)18(4,5)25-19/h7-10H,6,11,21H2,1-5H3. The average Bonchev–Trinajstić information content (AvgIpc) is 2.73. The Morgan fingerprint density at radius 3 is 2.40 bits per heavy atom. The molecule has 25 heavy (non-hydrogen) atoms. The maximum absolute atomic E-state index is 13.7. The van der Waals surface area contributed by atoms with E-state index in [9.17, 15) is 9.18 Å². The summed E-state index contributed by atoms with van der Waals surface area (Å²) in [7, 11) is -0.659. The lowest BCUT2D eigenvalue weighted by atomic mass is 9.77. The van der Waals surface area contributed by atoms with Crippen LogP contribution in [0.3, 0.4) is 0 Å². The number of carbonyl (C=O) groups is 1. The van der Waals surface area contributed by atoms with Crippen molar-refractivity contribution < 1.29 is 23.2 Å². The summed E-state index contributed by atoms with van der Waals surface area (Å²) in [5, 5.41) is 0. The summed E-state index contributed by atoms with van der Waals surface area (Å²) in [5.41, 5.74) is 6.10. The lowest BCUT2D eigenvalue weighted by Crippen LogP contribution is -2.41. The van der Waals surface area contributed by atoms with Crippen LogP contribution >= 0.6 is 0 Å². The van der Waals surface area contributed by atoms with Gasteiger partial charge < -0.3 is 19.8 Å². The molecule has 1 aromatic carbocycles. The number of rotatable bonds is 5. The molecule has 0 amide bonds. The third-order valence-corrected chi connectivity index (χ3v) is 4.64. The molecule has 0 saturated carbocycles. The number of hydrogen-bond acceptors (Lipinski definition) is 5. The van der Waals surface area contributed by atoms with Gasteiger partial charge in [0.25, 0.3) is 0 Å². The molecule has 1 heterocycles. The monoisotopic (exact) mass is 349 g/mol. The Labute approximate surface area is 148 Å². The fraction of sp³-hybridized carbons (Fsp3) is 0.500. The van der Waals surface area contributed by atoms with Crippen LogP contribution < -0.4 is 5.73 Å². The number of halogens is 1. The summed E-state index contributed by atoms with van der Waals surface area (Å²) in [6.07, 6.45) is 1.64. The van der Waals surface area contributed by atoms with Gasteiger partial charge in [-0.25, -0.2) is 9.18 Å². The first-order chi connectivity index (χ1) is 11.6. The van der Waals surface area contributed by atoms with E-state index in [2.05, 4.69) is 0 Å². The van der Waals surface area contributed by atoms with Gasteiger partial charge in [0.15, 0.2) is 0 Å². The molecule has 0 aliphatic carbocycles. The number of carbonyl (C=O) groups excluding carboxylic acids is 1. The highest BCUT2D eigenvalue weighted by atomic mass is 19.1. The first-order valence-electron chi connectivity index (χ1n) is 8.34. The second-order valence-electron chi connectivity index (χ2n) is 6.96. The molecule has 7 heteroatoms. The number of hydrogen-bond donors (Lipinski definition) is 1. The van der Waals surface area contributed by atoms with Crippen LogP contribution in [-0.4, -0.2) is 37.4 Å². The molecular weight excluding hydrogens is 324 g/mol. The zero-order valence-electron chi connectivity index (χ0n) is 15.4. The lowest BCUT2D eigenvalue weighted by molar-refractivity contribution is 0.00578. The Balaban J connectivity index is 2.40. The van der Waals surface area contributed by atoms with Crippen molar-refractivity contribution in [2.45, 2.75) is 45.8 Å². The minimum atomic E-state index is -0.659. The van der Waals surface area contributed by atoms with E-state index < -0.39 is 30.1 Å². The molecule has 1 fully saturated rings. The molecule has 2 rings (SSSR count). The van der Waals surface area contributed by atoms with Gasteiger partial charge in [-0.15, -0.1) is 0 Å². The highest BCUT2D eigenvalue weighted by Crippen LogP contribution is 2.38. The van der Waals surface area contributed by atoms with Crippen LogP contribution in [0.1, 0.15) is 50.5 Å². The van der Waals surface area contributed by atoms with Gasteiger partial charge in [0.2, 0.25) is 0 Å². The zero-order chi connectivity index (χ0) is 18.8. The van der Waals surface area contributed by atoms with Gasteiger partial charge in [0.1, 0.15) is 5.82 Å². The summed E-state index contributed by atoms with van der Waals surface area (Å²) in [5.74, 6) is -0.969. The Hall–Kier alpha value is -1.70. The normalized spacial score (nSPS) is 19.2. The third-order valence-electron chi connectivity index (χ3n) is 4.64. The Kier molecular flexibility index (Phi) is 5.71. The fourth-order valence-electron chi connectivity index (χ4n) is 2.47. The molecule has 1 aliphatic heterocycles. The molecule has 0 atom stereocenters. The third kappa shape index (κ3) is 4.11. The first-order valence-corrected chi connectivity index (χ1v) is 8.34. The number of benzene rings is 1. The molecule has 1 saturated heterocycles. The van der Waals surface area contributed by atoms with E-state index in [1.807, 2.05) is 27.7 Å². The quantitative estimate of drug-likeness (QED) is 0.654. The molecule has 5 nitrogen and oxygen atoms in total. The Morgan fingerprint density at radius 1 is 1.28 bits per heavy atom. The van der Waals surface area contributed by atoms with Crippen molar-refractivity contribution >= 4 is 19.2 Å². The van der Waals surface area contributed by atoms with Gasteiger partial charge in [0.05, 0.1) is 23.4 Å². The zero-order valence-corrected chi connectivity index (χ0v) is 15.4. The minimum absolute atomic E-state index is 0.148. The molecular formula is C18H25BFNO4. The fourth-order valence-corrected chi connectivity index (χ4v) is 2.47. The van der Waals surface area contributed by atoms with E-state index in [4.69, 9.17) is 19.8 Å². The molecule has 0 bridgehead atoms. The van der Waals surface area contributed by atoms with Crippen LogP contribution in [0.5, 0.6) is 0 Å². The van der Waals surface area contributed by atoms with E-state index in [1.165, 1.54) is 18.2 Å². The van der Waals surface area contributed by atoms with Crippen LogP contribution in [0.2, 0.25) is 0 Å². The van der Waals surface area contributed by atoms with E-state index in [-0.39, 0.29) is 18.7 Å². The van der Waals surface area contributed by atoms with Gasteiger partial charge in [-0.1, -0.05) is 6.08 Å². The van der Waals surface area contributed by atoms with Crippen molar-refractivity contribution in [1.29, 1.82) is 0 Å². The SMILES string of the molecule is CCOC(=O)c1ccc(F)cc1C=C(CN)B1OC(C)(C)C(C)(C)O1.